The first-order chi connectivity index (χ1) is 26.1. The molecule has 10 aromatic rings. The summed E-state index contributed by atoms with van der Waals surface area (Å²) in [6, 6.07) is 61.2. The van der Waals surface area contributed by atoms with E-state index in [1.165, 1.54) is 65.2 Å². The van der Waals surface area contributed by atoms with E-state index in [1.54, 1.807) is 0 Å². The average molecular weight is 695 g/mol. The lowest BCUT2D eigenvalue weighted by Gasteiger charge is -2.19. The Hall–Kier alpha value is -6.56. The van der Waals surface area contributed by atoms with E-state index in [0.29, 0.717) is 0 Å². The highest BCUT2D eigenvalue weighted by Crippen LogP contribution is 2.43. The van der Waals surface area contributed by atoms with Crippen molar-refractivity contribution < 1.29 is 0 Å². The number of hydrogen-bond acceptors (Lipinski definition) is 2. The van der Waals surface area contributed by atoms with Gasteiger partial charge in [-0.1, -0.05) is 134 Å². The van der Waals surface area contributed by atoms with Gasteiger partial charge < -0.3 is 9.13 Å². The first kappa shape index (κ1) is 30.1. The third kappa shape index (κ3) is 4.29. The molecule has 0 saturated carbocycles. The van der Waals surface area contributed by atoms with Gasteiger partial charge in [-0.25, -0.2) is 9.97 Å². The number of benzene rings is 7. The number of para-hydroxylation sites is 3. The van der Waals surface area contributed by atoms with Crippen molar-refractivity contribution in [1.29, 1.82) is 0 Å². The molecule has 4 heterocycles. The molecule has 250 valence electrons. The highest BCUT2D eigenvalue weighted by Gasteiger charge is 2.41. The molecule has 0 unspecified atom stereocenters. The first-order valence-electron chi connectivity index (χ1n) is 18.3. The molecule has 0 atom stereocenters. The molecule has 0 amide bonds. The van der Waals surface area contributed by atoms with Crippen LogP contribution in [0.5, 0.6) is 0 Å². The van der Waals surface area contributed by atoms with Crippen LogP contribution in [-0.2, 0) is 0 Å². The largest absolute Gasteiger partial charge is 0.309 e. The van der Waals surface area contributed by atoms with Crippen LogP contribution in [0.3, 0.4) is 0 Å². The zero-order valence-corrected chi connectivity index (χ0v) is 30.5. The van der Waals surface area contributed by atoms with Crippen LogP contribution >= 0.6 is 0 Å². The van der Waals surface area contributed by atoms with Gasteiger partial charge in [0.1, 0.15) is 8.07 Å². The lowest BCUT2D eigenvalue weighted by atomic mass is 10.00. The Balaban J connectivity index is 1.19. The van der Waals surface area contributed by atoms with Gasteiger partial charge in [-0.2, -0.15) is 0 Å². The predicted octanol–water partition coefficient (Wildman–Crippen LogP) is 10.8. The summed E-state index contributed by atoms with van der Waals surface area (Å²) in [5.41, 5.74) is 12.6. The Kier molecular flexibility index (Phi) is 6.37. The summed E-state index contributed by atoms with van der Waals surface area (Å²) in [6.07, 6.45) is 0. The fourth-order valence-electron chi connectivity index (χ4n) is 8.91. The van der Waals surface area contributed by atoms with E-state index in [4.69, 9.17) is 9.97 Å². The zero-order chi connectivity index (χ0) is 35.3. The Labute approximate surface area is 308 Å². The zero-order valence-electron chi connectivity index (χ0n) is 29.5. The predicted molar refractivity (Wildman–Crippen MR) is 224 cm³/mol. The second-order valence-electron chi connectivity index (χ2n) is 14.6. The van der Waals surface area contributed by atoms with Gasteiger partial charge in [-0.05, 0) is 59.3 Å². The van der Waals surface area contributed by atoms with E-state index >= 15 is 0 Å². The fraction of sp³-hybridized carbons (Fsp3) is 0.0417. The molecule has 0 saturated heterocycles. The Bertz CT molecular complexity index is 3080. The summed E-state index contributed by atoms with van der Waals surface area (Å²) in [6.45, 7) is 4.85. The van der Waals surface area contributed by atoms with E-state index in [2.05, 4.69) is 192 Å². The Morgan fingerprint density at radius 3 is 1.70 bits per heavy atom. The van der Waals surface area contributed by atoms with E-state index in [-0.39, 0.29) is 0 Å². The molecule has 0 aliphatic carbocycles. The molecule has 0 bridgehead atoms. The average Bonchev–Trinajstić information content (AvgIpc) is 3.81. The van der Waals surface area contributed by atoms with Gasteiger partial charge in [0.25, 0.3) is 0 Å². The molecule has 0 spiro atoms. The maximum Gasteiger partial charge on any atom is 0.159 e. The SMILES string of the molecule is C[Si]1(C)c2ccccc2-c2c(-c3cccc(-n4c5ccccc5c5c6c7ccccc7n(-c7ccccc7)c6ccc54)c3)nc(-c3ccccc3)nc21. The second-order valence-corrected chi connectivity index (χ2v) is 18.9. The maximum atomic E-state index is 5.40. The minimum absolute atomic E-state index is 0.784. The van der Waals surface area contributed by atoms with Gasteiger partial charge in [0.05, 0.1) is 27.8 Å². The van der Waals surface area contributed by atoms with Crippen molar-refractivity contribution in [3.05, 3.63) is 170 Å². The molecule has 3 aromatic heterocycles. The van der Waals surface area contributed by atoms with Gasteiger partial charge >= 0.3 is 0 Å². The topological polar surface area (TPSA) is 35.6 Å². The molecule has 0 radical (unpaired) electrons. The monoisotopic (exact) mass is 694 g/mol. The van der Waals surface area contributed by atoms with Gasteiger partial charge in [0, 0.05) is 54.9 Å². The van der Waals surface area contributed by atoms with E-state index in [1.807, 2.05) is 0 Å². The molecule has 1 aliphatic heterocycles. The second kappa shape index (κ2) is 11.2. The minimum atomic E-state index is -2.08. The number of rotatable bonds is 4. The fourth-order valence-corrected chi connectivity index (χ4v) is 11.8. The summed E-state index contributed by atoms with van der Waals surface area (Å²) in [5.74, 6) is 0.784. The Morgan fingerprint density at radius 1 is 0.453 bits per heavy atom. The maximum absolute atomic E-state index is 5.40. The van der Waals surface area contributed by atoms with Crippen molar-refractivity contribution >= 4 is 62.2 Å². The van der Waals surface area contributed by atoms with Crippen LogP contribution in [0.2, 0.25) is 13.1 Å². The van der Waals surface area contributed by atoms with Crippen molar-refractivity contribution in [2.24, 2.45) is 0 Å². The first-order valence-corrected chi connectivity index (χ1v) is 21.3. The van der Waals surface area contributed by atoms with Crippen LogP contribution in [0, 0.1) is 0 Å². The standard InChI is InChI=1S/C48H34N4Si/c1-53(2)42-27-14-11-24-37(42)45-46(49-47(50-48(45)53)31-16-5-3-6-17-31)32-18-15-21-34(30-32)52-39-26-13-10-23-36(39)44-41(52)29-28-40-43(44)35-22-9-12-25-38(35)51(40)33-19-7-4-8-20-33/h3-30H,1-2H3. The molecule has 5 heteroatoms. The molecule has 4 nitrogen and oxygen atoms in total. The molecular weight excluding hydrogens is 661 g/mol. The Morgan fingerprint density at radius 2 is 1.00 bits per heavy atom. The number of hydrogen-bond donors (Lipinski definition) is 0. The highest BCUT2D eigenvalue weighted by atomic mass is 28.3. The van der Waals surface area contributed by atoms with Crippen molar-refractivity contribution in [3.8, 4) is 45.1 Å². The van der Waals surface area contributed by atoms with E-state index < -0.39 is 8.07 Å². The third-order valence-electron chi connectivity index (χ3n) is 11.3. The van der Waals surface area contributed by atoms with Crippen LogP contribution in [0.25, 0.3) is 88.8 Å². The van der Waals surface area contributed by atoms with Gasteiger partial charge in [-0.15, -0.1) is 0 Å². The van der Waals surface area contributed by atoms with Crippen LogP contribution < -0.4 is 10.5 Å². The van der Waals surface area contributed by atoms with Gasteiger partial charge in [0.15, 0.2) is 5.82 Å². The highest BCUT2D eigenvalue weighted by molar-refractivity contribution is 7.03. The summed E-state index contributed by atoms with van der Waals surface area (Å²) >= 11 is 0. The van der Waals surface area contributed by atoms with Crippen molar-refractivity contribution in [2.45, 2.75) is 13.1 Å². The van der Waals surface area contributed by atoms with E-state index in [9.17, 15) is 0 Å². The minimum Gasteiger partial charge on any atom is -0.309 e. The van der Waals surface area contributed by atoms with Gasteiger partial charge in [-0.3, -0.25) is 0 Å². The van der Waals surface area contributed by atoms with Crippen molar-refractivity contribution in [1.82, 2.24) is 19.1 Å². The van der Waals surface area contributed by atoms with Crippen LogP contribution in [0.15, 0.2) is 170 Å². The molecule has 11 rings (SSSR count). The molecule has 7 aromatic carbocycles. The van der Waals surface area contributed by atoms with Gasteiger partial charge in [0.2, 0.25) is 0 Å². The van der Waals surface area contributed by atoms with Crippen molar-refractivity contribution in [2.75, 3.05) is 0 Å². The van der Waals surface area contributed by atoms with Crippen molar-refractivity contribution in [3.63, 3.8) is 0 Å². The lowest BCUT2D eigenvalue weighted by Crippen LogP contribution is -2.50. The normalized spacial score (nSPS) is 13.2. The number of nitrogens with zero attached hydrogens (tertiary/aromatic N) is 4. The van der Waals surface area contributed by atoms with Crippen LogP contribution in [-0.4, -0.2) is 27.2 Å². The van der Waals surface area contributed by atoms with E-state index in [0.717, 1.165) is 34.0 Å². The molecule has 1 aliphatic rings. The molecule has 0 N–H and O–H groups in total. The summed E-state index contributed by atoms with van der Waals surface area (Å²) in [5, 5.41) is 7.67. The quantitative estimate of drug-likeness (QED) is 0.172. The molecule has 53 heavy (non-hydrogen) atoms. The third-order valence-corrected chi connectivity index (χ3v) is 14.6. The summed E-state index contributed by atoms with van der Waals surface area (Å²) in [4.78, 5) is 10.8. The molecule has 0 fully saturated rings. The number of aromatic nitrogens is 4. The van der Waals surface area contributed by atoms with Crippen LogP contribution in [0.4, 0.5) is 0 Å². The van der Waals surface area contributed by atoms with Crippen LogP contribution in [0.1, 0.15) is 0 Å². The smallest absolute Gasteiger partial charge is 0.159 e. The summed E-state index contributed by atoms with van der Waals surface area (Å²) in [7, 11) is -2.08. The summed E-state index contributed by atoms with van der Waals surface area (Å²) < 4.78 is 4.84. The lowest BCUT2D eigenvalue weighted by molar-refractivity contribution is 1.17. The number of fused-ring (bicyclic) bond motifs is 10. The molecular formula is C48H34N4Si.